The first-order valence-corrected chi connectivity index (χ1v) is 5.49. The smallest absolute Gasteiger partial charge is 0.289 e. The molecular weight excluding hydrogens is 246 g/mol. The fourth-order valence-electron chi connectivity index (χ4n) is 1.06. The fourth-order valence-corrected chi connectivity index (χ4v) is 1.28. The minimum atomic E-state index is -0.868. The van der Waals surface area contributed by atoms with Gasteiger partial charge in [-0.1, -0.05) is 18.5 Å². The summed E-state index contributed by atoms with van der Waals surface area (Å²) in [6, 6.07) is 1.22. The van der Waals surface area contributed by atoms with E-state index < -0.39 is 10.5 Å². The summed E-state index contributed by atoms with van der Waals surface area (Å²) in [5.41, 5.74) is -1.03. The normalized spacial score (nSPS) is 14.1. The van der Waals surface area contributed by atoms with E-state index in [1.165, 1.54) is 6.07 Å². The molecule has 1 unspecified atom stereocenters. The average Bonchev–Trinajstić information content (AvgIpc) is 2.27. The number of aromatic nitrogens is 1. The van der Waals surface area contributed by atoms with Gasteiger partial charge in [0, 0.05) is 12.6 Å². The Balaban J connectivity index is 2.77. The van der Waals surface area contributed by atoms with E-state index in [4.69, 9.17) is 11.6 Å². The molecular formula is C10H14ClN3O3. The average molecular weight is 260 g/mol. The molecule has 2 N–H and O–H groups in total. The number of nitro groups is 1. The zero-order valence-corrected chi connectivity index (χ0v) is 10.4. The number of hydrogen-bond donors (Lipinski definition) is 2. The number of anilines is 1. The van der Waals surface area contributed by atoms with E-state index in [9.17, 15) is 15.2 Å². The van der Waals surface area contributed by atoms with Gasteiger partial charge in [0.25, 0.3) is 5.69 Å². The molecule has 0 aromatic carbocycles. The highest BCUT2D eigenvalue weighted by Crippen LogP contribution is 2.24. The summed E-state index contributed by atoms with van der Waals surface area (Å²) in [7, 11) is 0. The summed E-state index contributed by atoms with van der Waals surface area (Å²) in [5.74, 6) is 0.325. The monoisotopic (exact) mass is 259 g/mol. The highest BCUT2D eigenvalue weighted by atomic mass is 35.5. The molecule has 0 spiro atoms. The van der Waals surface area contributed by atoms with Gasteiger partial charge in [0.2, 0.25) is 0 Å². The second-order valence-corrected chi connectivity index (χ2v) is 4.39. The van der Waals surface area contributed by atoms with Crippen LogP contribution >= 0.6 is 11.6 Å². The van der Waals surface area contributed by atoms with Gasteiger partial charge in [-0.25, -0.2) is 4.98 Å². The fraction of sp³-hybridized carbons (Fsp3) is 0.500. The van der Waals surface area contributed by atoms with Gasteiger partial charge >= 0.3 is 0 Å². The molecule has 1 aromatic heterocycles. The summed E-state index contributed by atoms with van der Waals surface area (Å²) < 4.78 is 0. The Morgan fingerprint density at radius 1 is 1.71 bits per heavy atom. The second kappa shape index (κ2) is 5.29. The van der Waals surface area contributed by atoms with Crippen LogP contribution in [-0.4, -0.2) is 27.2 Å². The first kappa shape index (κ1) is 13.7. The third-order valence-corrected chi connectivity index (χ3v) is 2.72. The highest BCUT2D eigenvalue weighted by molar-refractivity contribution is 6.33. The Morgan fingerprint density at radius 3 is 2.82 bits per heavy atom. The van der Waals surface area contributed by atoms with Crippen molar-refractivity contribution in [2.45, 2.75) is 25.9 Å². The molecule has 0 bridgehead atoms. The third-order valence-electron chi connectivity index (χ3n) is 2.44. The number of hydrogen-bond acceptors (Lipinski definition) is 5. The van der Waals surface area contributed by atoms with Crippen LogP contribution in [0.2, 0.25) is 5.02 Å². The van der Waals surface area contributed by atoms with Crippen LogP contribution in [0.15, 0.2) is 12.3 Å². The maximum atomic E-state index is 10.5. The van der Waals surface area contributed by atoms with Crippen LogP contribution in [0.25, 0.3) is 0 Å². The molecule has 1 heterocycles. The van der Waals surface area contributed by atoms with Crippen molar-refractivity contribution >= 4 is 23.1 Å². The molecule has 6 nitrogen and oxygen atoms in total. The van der Waals surface area contributed by atoms with Gasteiger partial charge in [-0.3, -0.25) is 10.1 Å². The maximum Gasteiger partial charge on any atom is 0.289 e. The summed E-state index contributed by atoms with van der Waals surface area (Å²) in [6.07, 6.45) is 1.69. The van der Waals surface area contributed by atoms with Crippen molar-refractivity contribution in [2.24, 2.45) is 0 Å². The predicted octanol–water partition coefficient (Wildman–Crippen LogP) is 2.22. The molecule has 0 aliphatic carbocycles. The molecule has 17 heavy (non-hydrogen) atoms. The summed E-state index contributed by atoms with van der Waals surface area (Å²) in [5, 5.41) is 23.3. The summed E-state index contributed by atoms with van der Waals surface area (Å²) in [4.78, 5) is 13.8. The lowest BCUT2D eigenvalue weighted by atomic mass is 10.0. The number of nitrogens with zero attached hydrogens (tertiary/aromatic N) is 2. The highest BCUT2D eigenvalue weighted by Gasteiger charge is 2.18. The van der Waals surface area contributed by atoms with Gasteiger partial charge in [0.15, 0.2) is 0 Å². The Bertz CT molecular complexity index is 423. The molecule has 0 aliphatic heterocycles. The molecule has 94 valence electrons. The van der Waals surface area contributed by atoms with Gasteiger partial charge in [0.05, 0.1) is 15.5 Å². The van der Waals surface area contributed by atoms with E-state index in [1.54, 1.807) is 6.92 Å². The van der Waals surface area contributed by atoms with E-state index in [0.717, 1.165) is 6.20 Å². The Morgan fingerprint density at radius 2 is 2.35 bits per heavy atom. The van der Waals surface area contributed by atoms with Crippen LogP contribution < -0.4 is 5.32 Å². The van der Waals surface area contributed by atoms with Crippen molar-refractivity contribution < 1.29 is 10.0 Å². The van der Waals surface area contributed by atoms with Crippen LogP contribution in [0, 0.1) is 10.1 Å². The van der Waals surface area contributed by atoms with Crippen LogP contribution in [0.4, 0.5) is 11.5 Å². The minimum Gasteiger partial charge on any atom is -0.388 e. The first-order chi connectivity index (χ1) is 7.85. The van der Waals surface area contributed by atoms with E-state index in [-0.39, 0.29) is 17.3 Å². The van der Waals surface area contributed by atoms with Crippen LogP contribution in [0.1, 0.15) is 20.3 Å². The molecule has 0 fully saturated rings. The van der Waals surface area contributed by atoms with Gasteiger partial charge in [0.1, 0.15) is 12.0 Å². The molecule has 0 radical (unpaired) electrons. The molecule has 0 amide bonds. The Hall–Kier alpha value is -1.40. The van der Waals surface area contributed by atoms with Crippen molar-refractivity contribution in [3.05, 3.63) is 27.4 Å². The lowest BCUT2D eigenvalue weighted by Crippen LogP contribution is -2.32. The van der Waals surface area contributed by atoms with Gasteiger partial charge in [-0.05, 0) is 13.3 Å². The van der Waals surface area contributed by atoms with E-state index >= 15 is 0 Å². The van der Waals surface area contributed by atoms with Crippen molar-refractivity contribution in [2.75, 3.05) is 11.9 Å². The van der Waals surface area contributed by atoms with Crippen LogP contribution in [-0.2, 0) is 0 Å². The van der Waals surface area contributed by atoms with Gasteiger partial charge < -0.3 is 10.4 Å². The zero-order chi connectivity index (χ0) is 13.1. The molecule has 0 saturated carbocycles. The van der Waals surface area contributed by atoms with Gasteiger partial charge in [-0.15, -0.1) is 0 Å². The van der Waals surface area contributed by atoms with Crippen LogP contribution in [0.5, 0.6) is 0 Å². The van der Waals surface area contributed by atoms with Crippen molar-refractivity contribution in [3.8, 4) is 0 Å². The van der Waals surface area contributed by atoms with Crippen LogP contribution in [0.3, 0.4) is 0 Å². The number of nitrogens with one attached hydrogen (secondary N) is 1. The number of pyridine rings is 1. The van der Waals surface area contributed by atoms with Gasteiger partial charge in [-0.2, -0.15) is 0 Å². The minimum absolute atomic E-state index is 0.158. The van der Waals surface area contributed by atoms with E-state index in [1.807, 2.05) is 6.92 Å². The molecule has 1 rings (SSSR count). The summed E-state index contributed by atoms with van der Waals surface area (Å²) in [6.45, 7) is 3.81. The predicted molar refractivity (Wildman–Crippen MR) is 65.3 cm³/mol. The topological polar surface area (TPSA) is 88.3 Å². The Labute approximate surface area is 104 Å². The number of aliphatic hydroxyl groups is 1. The van der Waals surface area contributed by atoms with E-state index in [0.29, 0.717) is 12.2 Å². The summed E-state index contributed by atoms with van der Waals surface area (Å²) >= 11 is 5.83. The lowest BCUT2D eigenvalue weighted by Gasteiger charge is -2.22. The molecule has 1 aromatic rings. The largest absolute Gasteiger partial charge is 0.388 e. The first-order valence-electron chi connectivity index (χ1n) is 5.12. The second-order valence-electron chi connectivity index (χ2n) is 3.99. The maximum absolute atomic E-state index is 10.5. The third kappa shape index (κ3) is 3.83. The standard InChI is InChI=1S/C10H14ClN3O3/c1-3-10(2,15)6-13-9-8(11)4-7(5-12-9)14(16)17/h4-5,15H,3,6H2,1-2H3,(H,12,13). The molecule has 0 saturated heterocycles. The van der Waals surface area contributed by atoms with Crippen molar-refractivity contribution in [1.82, 2.24) is 4.98 Å². The molecule has 1 atom stereocenters. The quantitative estimate of drug-likeness (QED) is 0.625. The Kier molecular flexibility index (Phi) is 4.25. The van der Waals surface area contributed by atoms with Crippen molar-refractivity contribution in [1.29, 1.82) is 0 Å². The lowest BCUT2D eigenvalue weighted by molar-refractivity contribution is -0.385. The number of halogens is 1. The zero-order valence-electron chi connectivity index (χ0n) is 9.61. The van der Waals surface area contributed by atoms with E-state index in [2.05, 4.69) is 10.3 Å². The van der Waals surface area contributed by atoms with Crippen molar-refractivity contribution in [3.63, 3.8) is 0 Å². The SMILES string of the molecule is CCC(C)(O)CNc1ncc([N+](=O)[O-])cc1Cl. The molecule has 0 aliphatic rings. The molecule has 7 heteroatoms. The number of rotatable bonds is 5.